The van der Waals surface area contributed by atoms with E-state index in [2.05, 4.69) is 4.90 Å². The molecule has 1 aliphatic heterocycles. The summed E-state index contributed by atoms with van der Waals surface area (Å²) in [4.78, 5) is 2.08. The van der Waals surface area contributed by atoms with E-state index < -0.39 is 6.10 Å². The van der Waals surface area contributed by atoms with E-state index in [1.165, 1.54) is 6.07 Å². The van der Waals surface area contributed by atoms with Crippen molar-refractivity contribution in [1.82, 2.24) is 4.90 Å². The number of hydrogen-bond donors (Lipinski definition) is 2. The molecule has 0 amide bonds. The number of nitrogens with zero attached hydrogens (tertiary/aromatic N) is 1. The van der Waals surface area contributed by atoms with E-state index in [0.717, 1.165) is 19.4 Å². The van der Waals surface area contributed by atoms with Crippen molar-refractivity contribution < 1.29 is 19.3 Å². The summed E-state index contributed by atoms with van der Waals surface area (Å²) >= 11 is 0. The lowest BCUT2D eigenvalue weighted by atomic mass is 10.2. The van der Waals surface area contributed by atoms with Gasteiger partial charge in [0.05, 0.1) is 25.9 Å². The van der Waals surface area contributed by atoms with Crippen LogP contribution in [0.5, 0.6) is 0 Å². The Bertz CT molecular complexity index is 416. The molecular weight excluding hydrogens is 261 g/mol. The second-order valence-corrected chi connectivity index (χ2v) is 5.23. The van der Waals surface area contributed by atoms with Crippen LogP contribution in [0.4, 0.5) is 4.39 Å². The van der Waals surface area contributed by atoms with Gasteiger partial charge in [-0.1, -0.05) is 18.2 Å². The van der Waals surface area contributed by atoms with Crippen LogP contribution >= 0.6 is 0 Å². The topological polar surface area (TPSA) is 52.9 Å². The summed E-state index contributed by atoms with van der Waals surface area (Å²) in [6.07, 6.45) is 1.40. The fourth-order valence-corrected chi connectivity index (χ4v) is 2.59. The molecule has 1 aromatic carbocycles. The number of rotatable bonds is 7. The van der Waals surface area contributed by atoms with Crippen molar-refractivity contribution in [2.45, 2.75) is 31.6 Å². The maximum absolute atomic E-state index is 13.4. The molecule has 1 heterocycles. The van der Waals surface area contributed by atoms with Crippen LogP contribution < -0.4 is 0 Å². The molecule has 0 radical (unpaired) electrons. The number of hydrogen-bond acceptors (Lipinski definition) is 4. The van der Waals surface area contributed by atoms with E-state index >= 15 is 0 Å². The zero-order valence-corrected chi connectivity index (χ0v) is 11.5. The second kappa shape index (κ2) is 7.69. The van der Waals surface area contributed by atoms with Crippen molar-refractivity contribution >= 4 is 0 Å². The number of aliphatic hydroxyl groups is 2. The molecule has 1 aliphatic rings. The lowest BCUT2D eigenvalue weighted by molar-refractivity contribution is 0.00336. The molecule has 2 rings (SSSR count). The van der Waals surface area contributed by atoms with Crippen molar-refractivity contribution in [2.75, 3.05) is 26.3 Å². The Kier molecular flexibility index (Phi) is 5.91. The third kappa shape index (κ3) is 4.24. The minimum absolute atomic E-state index is 0.128. The average molecular weight is 283 g/mol. The molecule has 1 aromatic rings. The van der Waals surface area contributed by atoms with Crippen LogP contribution in [0.3, 0.4) is 0 Å². The molecule has 0 aromatic heterocycles. The van der Waals surface area contributed by atoms with Crippen molar-refractivity contribution in [1.29, 1.82) is 0 Å². The van der Waals surface area contributed by atoms with Gasteiger partial charge in [0.1, 0.15) is 5.82 Å². The van der Waals surface area contributed by atoms with Gasteiger partial charge in [-0.05, 0) is 25.5 Å². The number of β-amino-alcohol motifs (C(OH)–C–C–N with tert-alkyl or cyclic N) is 1. The van der Waals surface area contributed by atoms with Gasteiger partial charge in [0.15, 0.2) is 0 Å². The zero-order valence-electron chi connectivity index (χ0n) is 11.5. The normalized spacial score (nSPS) is 21.2. The van der Waals surface area contributed by atoms with Crippen molar-refractivity contribution in [3.05, 3.63) is 35.6 Å². The summed E-state index contributed by atoms with van der Waals surface area (Å²) in [5.74, 6) is -0.290. The largest absolute Gasteiger partial charge is 0.395 e. The van der Waals surface area contributed by atoms with Crippen LogP contribution in [0, 0.1) is 5.82 Å². The molecule has 20 heavy (non-hydrogen) atoms. The summed E-state index contributed by atoms with van der Waals surface area (Å²) < 4.78 is 18.7. The summed E-state index contributed by atoms with van der Waals surface area (Å²) in [6.45, 7) is 1.84. The molecule has 112 valence electrons. The highest BCUT2D eigenvalue weighted by atomic mass is 19.1. The maximum Gasteiger partial charge on any atom is 0.128 e. The van der Waals surface area contributed by atoms with Gasteiger partial charge in [-0.15, -0.1) is 0 Å². The van der Waals surface area contributed by atoms with E-state index in [4.69, 9.17) is 4.74 Å². The molecular formula is C15H22FNO3. The van der Waals surface area contributed by atoms with Crippen molar-refractivity contribution in [2.24, 2.45) is 0 Å². The van der Waals surface area contributed by atoms with E-state index in [-0.39, 0.29) is 31.7 Å². The third-order valence-corrected chi connectivity index (χ3v) is 3.68. The van der Waals surface area contributed by atoms with Crippen LogP contribution in [-0.4, -0.2) is 53.6 Å². The van der Waals surface area contributed by atoms with Crippen molar-refractivity contribution in [3.63, 3.8) is 0 Å². The minimum atomic E-state index is -0.617. The smallest absolute Gasteiger partial charge is 0.128 e. The highest BCUT2D eigenvalue weighted by molar-refractivity contribution is 5.16. The number of halogens is 1. The van der Waals surface area contributed by atoms with Gasteiger partial charge in [-0.2, -0.15) is 0 Å². The van der Waals surface area contributed by atoms with Gasteiger partial charge < -0.3 is 14.9 Å². The molecule has 5 heteroatoms. The lowest BCUT2D eigenvalue weighted by Crippen LogP contribution is -2.39. The highest BCUT2D eigenvalue weighted by Gasteiger charge is 2.25. The van der Waals surface area contributed by atoms with E-state index in [1.807, 2.05) is 0 Å². The highest BCUT2D eigenvalue weighted by Crippen LogP contribution is 2.16. The van der Waals surface area contributed by atoms with E-state index in [9.17, 15) is 14.6 Å². The summed E-state index contributed by atoms with van der Waals surface area (Å²) in [7, 11) is 0. The van der Waals surface area contributed by atoms with Gasteiger partial charge in [-0.25, -0.2) is 4.39 Å². The van der Waals surface area contributed by atoms with Crippen LogP contribution in [0.15, 0.2) is 24.3 Å². The SMILES string of the molecule is OC[C@H]1CCCN1CC(O)COCc1ccccc1F. The number of aliphatic hydroxyl groups excluding tert-OH is 2. The average Bonchev–Trinajstić information content (AvgIpc) is 2.88. The molecule has 4 nitrogen and oxygen atoms in total. The van der Waals surface area contributed by atoms with Crippen LogP contribution in [0.2, 0.25) is 0 Å². The Labute approximate surface area is 118 Å². The number of ether oxygens (including phenoxy) is 1. The minimum Gasteiger partial charge on any atom is -0.395 e. The van der Waals surface area contributed by atoms with Gasteiger partial charge >= 0.3 is 0 Å². The molecule has 0 spiro atoms. The second-order valence-electron chi connectivity index (χ2n) is 5.23. The van der Waals surface area contributed by atoms with Crippen LogP contribution in [0.25, 0.3) is 0 Å². The molecule has 0 aliphatic carbocycles. The fraction of sp³-hybridized carbons (Fsp3) is 0.600. The van der Waals surface area contributed by atoms with E-state index in [0.29, 0.717) is 12.1 Å². The first-order valence-corrected chi connectivity index (χ1v) is 7.05. The predicted molar refractivity (Wildman–Crippen MR) is 73.7 cm³/mol. The zero-order chi connectivity index (χ0) is 14.4. The molecule has 2 atom stereocenters. The summed E-state index contributed by atoms with van der Waals surface area (Å²) in [5, 5.41) is 19.1. The molecule has 1 fully saturated rings. The van der Waals surface area contributed by atoms with Gasteiger partial charge in [-0.3, -0.25) is 4.90 Å². The van der Waals surface area contributed by atoms with Crippen molar-refractivity contribution in [3.8, 4) is 0 Å². The molecule has 1 saturated heterocycles. The van der Waals surface area contributed by atoms with Crippen LogP contribution in [-0.2, 0) is 11.3 Å². The quantitative estimate of drug-likeness (QED) is 0.788. The molecule has 0 bridgehead atoms. The number of likely N-dealkylation sites (tertiary alicyclic amines) is 1. The number of benzene rings is 1. The third-order valence-electron chi connectivity index (χ3n) is 3.68. The Morgan fingerprint density at radius 3 is 2.95 bits per heavy atom. The summed E-state index contributed by atoms with van der Waals surface area (Å²) in [6, 6.07) is 6.61. The van der Waals surface area contributed by atoms with Crippen LogP contribution in [0.1, 0.15) is 18.4 Å². The predicted octanol–water partition coefficient (Wildman–Crippen LogP) is 1.16. The monoisotopic (exact) mass is 283 g/mol. The van der Waals surface area contributed by atoms with Gasteiger partial charge in [0.2, 0.25) is 0 Å². The summed E-state index contributed by atoms with van der Waals surface area (Å²) in [5.41, 5.74) is 0.495. The van der Waals surface area contributed by atoms with Gasteiger partial charge in [0.25, 0.3) is 0 Å². The fourth-order valence-electron chi connectivity index (χ4n) is 2.59. The first-order valence-electron chi connectivity index (χ1n) is 7.05. The Hall–Kier alpha value is -1.01. The maximum atomic E-state index is 13.4. The van der Waals surface area contributed by atoms with E-state index in [1.54, 1.807) is 18.2 Å². The first kappa shape index (κ1) is 15.4. The standard InChI is InChI=1S/C15H22FNO3/c16-15-6-2-1-4-12(15)10-20-11-14(19)8-17-7-3-5-13(17)9-18/h1-2,4,6,13-14,18-19H,3,5,7-11H2/t13-,14?/m1/s1. The Balaban J connectivity index is 1.70. The molecule has 2 N–H and O–H groups in total. The molecule has 1 unspecified atom stereocenters. The molecule has 0 saturated carbocycles. The Morgan fingerprint density at radius 1 is 1.40 bits per heavy atom. The first-order chi connectivity index (χ1) is 9.70. The van der Waals surface area contributed by atoms with Gasteiger partial charge in [0, 0.05) is 18.2 Å². The lowest BCUT2D eigenvalue weighted by Gasteiger charge is -2.25. The Morgan fingerprint density at radius 2 is 2.20 bits per heavy atom.